The smallest absolute Gasteiger partial charge is 0.339 e. The Hall–Kier alpha value is -2.11. The predicted molar refractivity (Wildman–Crippen MR) is 47.2 cm³/mol. The summed E-state index contributed by atoms with van der Waals surface area (Å²) in [5.41, 5.74) is 0.945. The van der Waals surface area contributed by atoms with Gasteiger partial charge in [-0.2, -0.15) is 15.4 Å². The Balaban J connectivity index is 2.89. The van der Waals surface area contributed by atoms with Crippen molar-refractivity contribution in [1.29, 1.82) is 0 Å². The molecule has 0 saturated heterocycles. The van der Waals surface area contributed by atoms with Crippen LogP contribution in [0.15, 0.2) is 6.07 Å². The van der Waals surface area contributed by atoms with Crippen molar-refractivity contribution in [2.24, 2.45) is 0 Å². The predicted octanol–water partition coefficient (Wildman–Crippen LogP) is 0.670. The number of benzene rings is 1. The quantitative estimate of drug-likeness (QED) is 0.618. The number of carboxylic acids is 1. The number of fused-ring (bicyclic) bond motifs is 1. The number of hydrogen-bond acceptors (Lipinski definition) is 4. The van der Waals surface area contributed by atoms with Crippen LogP contribution in [0.3, 0.4) is 0 Å². The van der Waals surface area contributed by atoms with Gasteiger partial charge in [0, 0.05) is 0 Å². The number of aryl methyl sites for hydroxylation is 1. The lowest BCUT2D eigenvalue weighted by molar-refractivity contribution is 0.0693. The van der Waals surface area contributed by atoms with Gasteiger partial charge in [-0.25, -0.2) is 4.79 Å². The molecule has 72 valence electrons. The summed E-state index contributed by atoms with van der Waals surface area (Å²) >= 11 is 0. The molecule has 1 aromatic heterocycles. The molecule has 0 fully saturated rings. The van der Waals surface area contributed by atoms with Crippen LogP contribution in [0.25, 0.3) is 11.0 Å². The molecule has 1 aromatic carbocycles. The molecule has 14 heavy (non-hydrogen) atoms. The second-order valence-electron chi connectivity index (χ2n) is 2.91. The van der Waals surface area contributed by atoms with Gasteiger partial charge in [-0.3, -0.25) is 0 Å². The van der Waals surface area contributed by atoms with Crippen molar-refractivity contribution >= 4 is 17.0 Å². The van der Waals surface area contributed by atoms with Gasteiger partial charge >= 0.3 is 5.97 Å². The third kappa shape index (κ3) is 1.00. The number of carboxylic acid groups (broad SMARTS) is 1. The highest BCUT2D eigenvalue weighted by atomic mass is 16.4. The lowest BCUT2D eigenvalue weighted by Crippen LogP contribution is -2.00. The standard InChI is InChI=1S/C8H7N3O3/c1-3-2-4-6(10-11-9-4)7(12)5(3)8(13)14/h2,12H,1H3,(H,13,14)(H,9,10,11). The van der Waals surface area contributed by atoms with Crippen molar-refractivity contribution in [2.75, 3.05) is 0 Å². The number of hydrogen-bond donors (Lipinski definition) is 3. The number of H-pyrrole nitrogens is 1. The van der Waals surface area contributed by atoms with Crippen LogP contribution in [0, 0.1) is 6.92 Å². The van der Waals surface area contributed by atoms with E-state index in [1.165, 1.54) is 0 Å². The molecule has 6 nitrogen and oxygen atoms in total. The van der Waals surface area contributed by atoms with Crippen LogP contribution in [0.5, 0.6) is 5.75 Å². The van der Waals surface area contributed by atoms with Gasteiger partial charge in [-0.1, -0.05) is 0 Å². The summed E-state index contributed by atoms with van der Waals surface area (Å²) in [5.74, 6) is -1.52. The Kier molecular flexibility index (Phi) is 1.63. The number of nitrogens with one attached hydrogen (secondary N) is 1. The monoisotopic (exact) mass is 193 g/mol. The van der Waals surface area contributed by atoms with E-state index >= 15 is 0 Å². The summed E-state index contributed by atoms with van der Waals surface area (Å²) in [4.78, 5) is 10.8. The van der Waals surface area contributed by atoms with E-state index < -0.39 is 5.97 Å². The van der Waals surface area contributed by atoms with Gasteiger partial charge in [-0.05, 0) is 18.6 Å². The van der Waals surface area contributed by atoms with Crippen molar-refractivity contribution in [3.63, 3.8) is 0 Å². The molecule has 0 aliphatic rings. The summed E-state index contributed by atoms with van der Waals surface area (Å²) in [6.45, 7) is 1.59. The lowest BCUT2D eigenvalue weighted by atomic mass is 10.1. The minimum atomic E-state index is -1.18. The molecule has 0 aliphatic heterocycles. The third-order valence-corrected chi connectivity index (χ3v) is 2.00. The minimum Gasteiger partial charge on any atom is -0.505 e. The molecule has 6 heteroatoms. The fraction of sp³-hybridized carbons (Fsp3) is 0.125. The molecular formula is C8H7N3O3. The lowest BCUT2D eigenvalue weighted by Gasteiger charge is -2.02. The SMILES string of the molecule is Cc1cc2n[nH]nc2c(O)c1C(=O)O. The molecule has 0 bridgehead atoms. The first-order chi connectivity index (χ1) is 6.61. The molecule has 3 N–H and O–H groups in total. The van der Waals surface area contributed by atoms with E-state index in [2.05, 4.69) is 15.4 Å². The second kappa shape index (κ2) is 2.69. The van der Waals surface area contributed by atoms with Crippen LogP contribution in [0.1, 0.15) is 15.9 Å². The Morgan fingerprint density at radius 2 is 2.21 bits per heavy atom. The first-order valence-corrected chi connectivity index (χ1v) is 3.87. The molecule has 0 unspecified atom stereocenters. The normalized spacial score (nSPS) is 10.6. The van der Waals surface area contributed by atoms with Gasteiger partial charge in [0.15, 0.2) is 11.3 Å². The fourth-order valence-corrected chi connectivity index (χ4v) is 1.37. The first-order valence-electron chi connectivity index (χ1n) is 3.87. The number of aromatic nitrogens is 3. The largest absolute Gasteiger partial charge is 0.505 e. The summed E-state index contributed by atoms with van der Waals surface area (Å²) in [5, 5.41) is 28.1. The van der Waals surface area contributed by atoms with E-state index in [4.69, 9.17) is 5.11 Å². The number of rotatable bonds is 1. The highest BCUT2D eigenvalue weighted by Crippen LogP contribution is 2.28. The zero-order chi connectivity index (χ0) is 10.3. The topological polar surface area (TPSA) is 99.1 Å². The van der Waals surface area contributed by atoms with Gasteiger partial charge in [0.1, 0.15) is 11.1 Å². The van der Waals surface area contributed by atoms with Gasteiger partial charge < -0.3 is 10.2 Å². The van der Waals surface area contributed by atoms with E-state index in [1.807, 2.05) is 0 Å². The van der Waals surface area contributed by atoms with Gasteiger partial charge in [-0.15, -0.1) is 0 Å². The first kappa shape index (κ1) is 8.49. The van der Waals surface area contributed by atoms with Gasteiger partial charge in [0.25, 0.3) is 0 Å². The number of carbonyl (C=O) groups is 1. The Labute approximate surface area is 78.2 Å². The van der Waals surface area contributed by atoms with Crippen LogP contribution in [0.2, 0.25) is 0 Å². The van der Waals surface area contributed by atoms with E-state index in [-0.39, 0.29) is 16.8 Å². The molecule has 0 radical (unpaired) electrons. The number of aromatic amines is 1. The number of phenols is 1. The molecule has 2 aromatic rings. The molecule has 0 saturated carbocycles. The average molecular weight is 193 g/mol. The van der Waals surface area contributed by atoms with Crippen LogP contribution in [-0.4, -0.2) is 31.6 Å². The van der Waals surface area contributed by atoms with Crippen molar-refractivity contribution in [1.82, 2.24) is 15.4 Å². The Morgan fingerprint density at radius 1 is 1.50 bits per heavy atom. The summed E-state index contributed by atoms with van der Waals surface area (Å²) < 4.78 is 0. The molecule has 0 spiro atoms. The van der Waals surface area contributed by atoms with Crippen LogP contribution < -0.4 is 0 Å². The molecule has 0 atom stereocenters. The van der Waals surface area contributed by atoms with E-state index in [0.717, 1.165) is 0 Å². The van der Waals surface area contributed by atoms with Crippen molar-refractivity contribution in [3.8, 4) is 5.75 Å². The van der Waals surface area contributed by atoms with Crippen molar-refractivity contribution in [3.05, 3.63) is 17.2 Å². The summed E-state index contributed by atoms with van der Waals surface area (Å²) in [6, 6.07) is 1.56. The molecular weight excluding hydrogens is 186 g/mol. The van der Waals surface area contributed by atoms with Crippen LogP contribution in [0.4, 0.5) is 0 Å². The minimum absolute atomic E-state index is 0.133. The van der Waals surface area contributed by atoms with Crippen molar-refractivity contribution < 1.29 is 15.0 Å². The Bertz CT molecular complexity index is 518. The highest BCUT2D eigenvalue weighted by molar-refractivity contribution is 5.99. The fourth-order valence-electron chi connectivity index (χ4n) is 1.37. The van der Waals surface area contributed by atoms with E-state index in [9.17, 15) is 9.90 Å². The highest BCUT2D eigenvalue weighted by Gasteiger charge is 2.18. The molecule has 1 heterocycles. The van der Waals surface area contributed by atoms with Crippen molar-refractivity contribution in [2.45, 2.75) is 6.92 Å². The van der Waals surface area contributed by atoms with Gasteiger partial charge in [0.2, 0.25) is 0 Å². The zero-order valence-electron chi connectivity index (χ0n) is 7.27. The third-order valence-electron chi connectivity index (χ3n) is 2.00. The van der Waals surface area contributed by atoms with E-state index in [1.54, 1.807) is 13.0 Å². The molecule has 0 amide bonds. The van der Waals surface area contributed by atoms with Gasteiger partial charge in [0.05, 0.1) is 0 Å². The molecule has 0 aliphatic carbocycles. The maximum Gasteiger partial charge on any atom is 0.339 e. The van der Waals surface area contributed by atoms with Crippen LogP contribution in [-0.2, 0) is 0 Å². The number of aromatic carboxylic acids is 1. The Morgan fingerprint density at radius 3 is 2.86 bits per heavy atom. The van der Waals surface area contributed by atoms with Crippen LogP contribution >= 0.6 is 0 Å². The number of aromatic hydroxyl groups is 1. The summed E-state index contributed by atoms with van der Waals surface area (Å²) in [7, 11) is 0. The summed E-state index contributed by atoms with van der Waals surface area (Å²) in [6.07, 6.45) is 0. The zero-order valence-corrected chi connectivity index (χ0v) is 7.27. The van der Waals surface area contributed by atoms with E-state index in [0.29, 0.717) is 11.1 Å². The maximum absolute atomic E-state index is 10.8. The average Bonchev–Trinajstić information content (AvgIpc) is 2.50. The maximum atomic E-state index is 10.8. The number of nitrogens with zero attached hydrogens (tertiary/aromatic N) is 2. The second-order valence-corrected chi connectivity index (χ2v) is 2.91. The molecule has 2 rings (SSSR count).